The summed E-state index contributed by atoms with van der Waals surface area (Å²) >= 11 is 12.0. The fourth-order valence-corrected chi connectivity index (χ4v) is 2.74. The van der Waals surface area contributed by atoms with Crippen molar-refractivity contribution < 1.29 is 18.8 Å². The van der Waals surface area contributed by atoms with E-state index in [2.05, 4.69) is 14.9 Å². The molecule has 6 nitrogen and oxygen atoms in total. The van der Waals surface area contributed by atoms with Gasteiger partial charge in [-0.3, -0.25) is 4.79 Å². The van der Waals surface area contributed by atoms with Gasteiger partial charge in [0.15, 0.2) is 6.61 Å². The lowest BCUT2D eigenvalue weighted by atomic mass is 10.1. The molecule has 134 valence electrons. The quantitative estimate of drug-likeness (QED) is 0.580. The third-order valence-corrected chi connectivity index (χ3v) is 4.07. The van der Waals surface area contributed by atoms with Crippen LogP contribution in [0, 0.1) is 0 Å². The van der Waals surface area contributed by atoms with E-state index in [9.17, 15) is 4.79 Å². The minimum absolute atomic E-state index is 0.0520. The molecule has 0 aliphatic heterocycles. The minimum Gasteiger partial charge on any atom is -0.483 e. The van der Waals surface area contributed by atoms with Crippen molar-refractivity contribution in [2.24, 2.45) is 0 Å². The van der Waals surface area contributed by atoms with Crippen molar-refractivity contribution in [3.63, 3.8) is 0 Å². The summed E-state index contributed by atoms with van der Waals surface area (Å²) in [5, 5.41) is 4.85. The number of esters is 1. The second-order valence-electron chi connectivity index (χ2n) is 5.29. The second kappa shape index (κ2) is 8.21. The molecule has 0 N–H and O–H groups in total. The maximum atomic E-state index is 11.5. The summed E-state index contributed by atoms with van der Waals surface area (Å²) in [7, 11) is 1.34. The monoisotopic (exact) mass is 392 g/mol. The Balaban J connectivity index is 1.72. The molecule has 3 rings (SSSR count). The highest BCUT2D eigenvalue weighted by Crippen LogP contribution is 2.28. The van der Waals surface area contributed by atoms with Crippen LogP contribution >= 0.6 is 23.2 Å². The number of aromatic nitrogens is 2. The van der Waals surface area contributed by atoms with Crippen LogP contribution in [0.4, 0.5) is 0 Å². The first-order valence-corrected chi connectivity index (χ1v) is 8.38. The highest BCUT2D eigenvalue weighted by Gasteiger charge is 2.14. The van der Waals surface area contributed by atoms with Gasteiger partial charge in [0.25, 0.3) is 5.89 Å². The zero-order valence-electron chi connectivity index (χ0n) is 13.7. The number of halogens is 2. The van der Waals surface area contributed by atoms with Crippen LogP contribution in [0.25, 0.3) is 11.4 Å². The molecule has 0 unspecified atom stereocenters. The minimum atomic E-state index is -0.349. The highest BCUT2D eigenvalue weighted by atomic mass is 35.5. The average molecular weight is 393 g/mol. The van der Waals surface area contributed by atoms with Crippen molar-refractivity contribution in [2.75, 3.05) is 7.11 Å². The Hall–Kier alpha value is -2.57. The highest BCUT2D eigenvalue weighted by molar-refractivity contribution is 6.36. The van der Waals surface area contributed by atoms with E-state index >= 15 is 0 Å². The molecule has 1 aromatic heterocycles. The number of nitrogens with zero attached hydrogens (tertiary/aromatic N) is 2. The number of carbonyl (C=O) groups is 1. The van der Waals surface area contributed by atoms with E-state index in [4.69, 9.17) is 32.5 Å². The van der Waals surface area contributed by atoms with Crippen LogP contribution in [0.3, 0.4) is 0 Å². The van der Waals surface area contributed by atoms with Crippen LogP contribution in [0.15, 0.2) is 47.0 Å². The Bertz CT molecular complexity index is 927. The van der Waals surface area contributed by atoms with Gasteiger partial charge in [0.05, 0.1) is 18.6 Å². The average Bonchev–Trinajstić information content (AvgIpc) is 3.09. The number of ether oxygens (including phenoxy) is 2. The van der Waals surface area contributed by atoms with Crippen LogP contribution in [0.5, 0.6) is 5.75 Å². The van der Waals surface area contributed by atoms with E-state index in [-0.39, 0.29) is 24.9 Å². The molecule has 0 bridgehead atoms. The van der Waals surface area contributed by atoms with Gasteiger partial charge >= 0.3 is 5.97 Å². The van der Waals surface area contributed by atoms with Crippen molar-refractivity contribution in [3.8, 4) is 17.1 Å². The molecule has 0 spiro atoms. The molecule has 0 radical (unpaired) electrons. The van der Waals surface area contributed by atoms with Gasteiger partial charge in [0.1, 0.15) is 5.75 Å². The first kappa shape index (κ1) is 18.2. The van der Waals surface area contributed by atoms with Crippen molar-refractivity contribution in [1.82, 2.24) is 10.1 Å². The number of carbonyl (C=O) groups excluding carboxylic acids is 1. The van der Waals surface area contributed by atoms with Gasteiger partial charge in [0.2, 0.25) is 5.82 Å². The number of hydrogen-bond donors (Lipinski definition) is 0. The van der Waals surface area contributed by atoms with Crippen LogP contribution in [0.1, 0.15) is 11.5 Å². The Labute approximate surface area is 159 Å². The number of rotatable bonds is 6. The molecular weight excluding hydrogens is 379 g/mol. The molecule has 0 aliphatic rings. The van der Waals surface area contributed by atoms with Gasteiger partial charge in [-0.2, -0.15) is 4.98 Å². The lowest BCUT2D eigenvalue weighted by Crippen LogP contribution is -2.06. The Morgan fingerprint density at radius 2 is 2.00 bits per heavy atom. The van der Waals surface area contributed by atoms with E-state index in [0.29, 0.717) is 32.7 Å². The van der Waals surface area contributed by atoms with Crippen molar-refractivity contribution in [1.29, 1.82) is 0 Å². The molecule has 0 saturated heterocycles. The Morgan fingerprint density at radius 3 is 2.77 bits per heavy atom. The molecule has 1 heterocycles. The molecule has 2 aromatic carbocycles. The zero-order valence-corrected chi connectivity index (χ0v) is 15.3. The smallest absolute Gasteiger partial charge is 0.310 e. The predicted molar refractivity (Wildman–Crippen MR) is 96.2 cm³/mol. The molecule has 0 fully saturated rings. The van der Waals surface area contributed by atoms with Crippen LogP contribution in [-0.2, 0) is 22.6 Å². The van der Waals surface area contributed by atoms with Crippen LogP contribution in [0.2, 0.25) is 10.0 Å². The third kappa shape index (κ3) is 4.33. The summed E-state index contributed by atoms with van der Waals surface area (Å²) in [6, 6.07) is 12.2. The van der Waals surface area contributed by atoms with Gasteiger partial charge in [-0.15, -0.1) is 0 Å². The SMILES string of the molecule is COC(=O)Cc1ccccc1OCc1nc(-c2ccc(Cl)cc2Cl)no1. The molecule has 0 atom stereocenters. The number of methoxy groups -OCH3 is 1. The molecular formula is C18H14Cl2N2O4. The normalized spacial score (nSPS) is 10.6. The van der Waals surface area contributed by atoms with E-state index in [0.717, 1.165) is 0 Å². The summed E-state index contributed by atoms with van der Waals surface area (Å²) in [5.41, 5.74) is 1.32. The molecule has 0 aliphatic carbocycles. The van der Waals surface area contributed by atoms with Gasteiger partial charge < -0.3 is 14.0 Å². The lowest BCUT2D eigenvalue weighted by molar-refractivity contribution is -0.139. The van der Waals surface area contributed by atoms with Gasteiger partial charge in [-0.1, -0.05) is 46.6 Å². The predicted octanol–water partition coefficient (Wildman–Crippen LogP) is 4.34. The van der Waals surface area contributed by atoms with E-state index in [1.165, 1.54) is 7.11 Å². The van der Waals surface area contributed by atoms with Gasteiger partial charge in [-0.05, 0) is 24.3 Å². The van der Waals surface area contributed by atoms with Crippen molar-refractivity contribution in [3.05, 3.63) is 64.0 Å². The van der Waals surface area contributed by atoms with Crippen LogP contribution in [-0.4, -0.2) is 23.2 Å². The molecule has 0 saturated carbocycles. The molecule has 8 heteroatoms. The lowest BCUT2D eigenvalue weighted by Gasteiger charge is -2.08. The summed E-state index contributed by atoms with van der Waals surface area (Å²) in [4.78, 5) is 15.8. The Kier molecular flexibility index (Phi) is 5.75. The standard InChI is InChI=1S/C18H14Cl2N2O4/c1-24-17(23)8-11-4-2-3-5-15(11)25-10-16-21-18(22-26-16)13-7-6-12(19)9-14(13)20/h2-7,9H,8,10H2,1H3. The maximum Gasteiger partial charge on any atom is 0.310 e. The van der Waals surface area contributed by atoms with E-state index < -0.39 is 0 Å². The zero-order chi connectivity index (χ0) is 18.5. The summed E-state index contributed by atoms with van der Waals surface area (Å²) in [6.07, 6.45) is 0.113. The summed E-state index contributed by atoms with van der Waals surface area (Å²) in [5.74, 6) is 0.813. The van der Waals surface area contributed by atoms with Gasteiger partial charge in [-0.25, -0.2) is 0 Å². The molecule has 0 amide bonds. The fraction of sp³-hybridized carbons (Fsp3) is 0.167. The second-order valence-corrected chi connectivity index (χ2v) is 6.13. The van der Waals surface area contributed by atoms with E-state index in [1.54, 1.807) is 30.3 Å². The first-order chi connectivity index (χ1) is 12.6. The Morgan fingerprint density at radius 1 is 1.19 bits per heavy atom. The fourth-order valence-electron chi connectivity index (χ4n) is 2.25. The van der Waals surface area contributed by atoms with Crippen LogP contribution < -0.4 is 4.74 Å². The summed E-state index contributed by atoms with van der Waals surface area (Å²) < 4.78 is 15.6. The first-order valence-electron chi connectivity index (χ1n) is 7.62. The molecule has 26 heavy (non-hydrogen) atoms. The third-order valence-electron chi connectivity index (χ3n) is 3.53. The summed E-state index contributed by atoms with van der Waals surface area (Å²) in [6.45, 7) is 0.0520. The largest absolute Gasteiger partial charge is 0.483 e. The van der Waals surface area contributed by atoms with Gasteiger partial charge in [0, 0.05) is 16.1 Å². The maximum absolute atomic E-state index is 11.5. The number of para-hydroxylation sites is 1. The topological polar surface area (TPSA) is 74.5 Å². The number of hydrogen-bond acceptors (Lipinski definition) is 6. The molecule has 3 aromatic rings. The number of benzene rings is 2. The van der Waals surface area contributed by atoms with Crippen molar-refractivity contribution >= 4 is 29.2 Å². The van der Waals surface area contributed by atoms with Crippen molar-refractivity contribution in [2.45, 2.75) is 13.0 Å². The van der Waals surface area contributed by atoms with E-state index in [1.807, 2.05) is 12.1 Å².